The van der Waals surface area contributed by atoms with Crippen LogP contribution in [0.4, 0.5) is 5.82 Å². The minimum absolute atomic E-state index is 0.106. The van der Waals surface area contributed by atoms with E-state index in [1.54, 1.807) is 0 Å². The molecular formula is C14H19N5O. The van der Waals surface area contributed by atoms with Crippen LogP contribution in [0, 0.1) is 0 Å². The van der Waals surface area contributed by atoms with E-state index in [9.17, 15) is 5.11 Å². The molecule has 0 aliphatic heterocycles. The lowest BCUT2D eigenvalue weighted by Crippen LogP contribution is -2.36. The van der Waals surface area contributed by atoms with Gasteiger partial charge in [-0.3, -0.25) is 0 Å². The fraction of sp³-hybridized carbons (Fsp3) is 0.643. The molecule has 2 atom stereocenters. The molecule has 2 aromatic heterocycles. The summed E-state index contributed by atoms with van der Waals surface area (Å²) in [7, 11) is 0. The normalized spacial score (nSPS) is 26.9. The second-order valence-corrected chi connectivity index (χ2v) is 5.92. The molecule has 20 heavy (non-hydrogen) atoms. The van der Waals surface area contributed by atoms with Gasteiger partial charge in [-0.2, -0.15) is 4.52 Å². The Morgan fingerprint density at radius 1 is 1.10 bits per heavy atom. The Labute approximate surface area is 117 Å². The highest BCUT2D eigenvalue weighted by Gasteiger charge is 2.29. The van der Waals surface area contributed by atoms with Crippen molar-refractivity contribution in [3.8, 4) is 0 Å². The van der Waals surface area contributed by atoms with Crippen molar-refractivity contribution in [1.82, 2.24) is 19.8 Å². The van der Waals surface area contributed by atoms with Crippen LogP contribution in [-0.4, -0.2) is 37.1 Å². The van der Waals surface area contributed by atoms with Crippen molar-refractivity contribution in [2.24, 2.45) is 0 Å². The Morgan fingerprint density at radius 3 is 2.75 bits per heavy atom. The second kappa shape index (κ2) is 4.70. The number of aromatic nitrogens is 4. The zero-order valence-corrected chi connectivity index (χ0v) is 11.4. The van der Waals surface area contributed by atoms with Crippen molar-refractivity contribution in [2.45, 2.75) is 56.6 Å². The number of aliphatic hydroxyl groups is 1. The maximum atomic E-state index is 10.0. The van der Waals surface area contributed by atoms with Crippen LogP contribution in [0.2, 0.25) is 0 Å². The highest BCUT2D eigenvalue weighted by Crippen LogP contribution is 2.38. The molecule has 2 fully saturated rings. The summed E-state index contributed by atoms with van der Waals surface area (Å²) in [5, 5.41) is 26.4. The summed E-state index contributed by atoms with van der Waals surface area (Å²) in [6.07, 6.45) is 6.24. The van der Waals surface area contributed by atoms with Gasteiger partial charge in [0.2, 0.25) is 0 Å². The number of nitrogens with zero attached hydrogens (tertiary/aromatic N) is 4. The van der Waals surface area contributed by atoms with Gasteiger partial charge in [0.05, 0.1) is 12.1 Å². The summed E-state index contributed by atoms with van der Waals surface area (Å²) in [4.78, 5) is 0. The molecule has 0 aromatic carbocycles. The van der Waals surface area contributed by atoms with Gasteiger partial charge in [0.15, 0.2) is 11.5 Å². The van der Waals surface area contributed by atoms with Gasteiger partial charge in [-0.05, 0) is 37.8 Å². The molecule has 6 nitrogen and oxygen atoms in total. The van der Waals surface area contributed by atoms with Gasteiger partial charge in [-0.15, -0.1) is 15.3 Å². The van der Waals surface area contributed by atoms with E-state index in [1.165, 1.54) is 12.8 Å². The maximum absolute atomic E-state index is 10.0. The van der Waals surface area contributed by atoms with E-state index in [2.05, 4.69) is 20.6 Å². The molecule has 0 spiro atoms. The van der Waals surface area contributed by atoms with Crippen molar-refractivity contribution in [3.05, 3.63) is 18.0 Å². The van der Waals surface area contributed by atoms with Gasteiger partial charge < -0.3 is 10.4 Å². The highest BCUT2D eigenvalue weighted by atomic mass is 16.3. The van der Waals surface area contributed by atoms with E-state index < -0.39 is 0 Å². The number of rotatable bonds is 3. The van der Waals surface area contributed by atoms with E-state index in [4.69, 9.17) is 0 Å². The molecule has 0 bridgehead atoms. The Morgan fingerprint density at radius 2 is 1.95 bits per heavy atom. The van der Waals surface area contributed by atoms with E-state index in [-0.39, 0.29) is 12.1 Å². The molecular weight excluding hydrogens is 254 g/mol. The van der Waals surface area contributed by atoms with Crippen LogP contribution < -0.4 is 5.32 Å². The third-order valence-electron chi connectivity index (χ3n) is 4.29. The molecule has 2 aliphatic rings. The number of aliphatic hydroxyl groups excluding tert-OH is 1. The largest absolute Gasteiger partial charge is 0.391 e. The van der Waals surface area contributed by atoms with Gasteiger partial charge in [-0.25, -0.2) is 0 Å². The number of hydrogen-bond donors (Lipinski definition) is 2. The topological polar surface area (TPSA) is 75.3 Å². The van der Waals surface area contributed by atoms with Crippen LogP contribution in [-0.2, 0) is 0 Å². The molecule has 0 amide bonds. The summed E-state index contributed by atoms with van der Waals surface area (Å²) < 4.78 is 1.84. The number of hydrogen-bond acceptors (Lipinski definition) is 5. The zero-order valence-electron chi connectivity index (χ0n) is 11.4. The first-order valence-electron chi connectivity index (χ1n) is 7.48. The van der Waals surface area contributed by atoms with Crippen LogP contribution in [0.15, 0.2) is 12.1 Å². The molecule has 4 rings (SSSR count). The monoisotopic (exact) mass is 273 g/mol. The SMILES string of the molecule is O[C@@H]1CCCC[C@H]1Nc1ccc2nnc(C3CC3)n2n1. The summed E-state index contributed by atoms with van der Waals surface area (Å²) in [5.41, 5.74) is 0.793. The van der Waals surface area contributed by atoms with Crippen LogP contribution in [0.25, 0.3) is 5.65 Å². The minimum atomic E-state index is -0.273. The van der Waals surface area contributed by atoms with E-state index in [0.717, 1.165) is 43.0 Å². The predicted octanol–water partition coefficient (Wildman–Crippen LogP) is 1.72. The first-order valence-corrected chi connectivity index (χ1v) is 7.48. The second-order valence-electron chi connectivity index (χ2n) is 5.92. The van der Waals surface area contributed by atoms with Crippen LogP contribution in [0.3, 0.4) is 0 Å². The number of nitrogens with one attached hydrogen (secondary N) is 1. The van der Waals surface area contributed by atoms with Crippen molar-refractivity contribution in [2.75, 3.05) is 5.32 Å². The fourth-order valence-electron chi connectivity index (χ4n) is 2.95. The standard InChI is InChI=1S/C14H19N5O/c20-11-4-2-1-3-10(11)15-12-7-8-13-16-17-14(9-5-6-9)19(13)18-12/h7-11,20H,1-6H2,(H,15,18)/t10-,11-/m1/s1. The van der Waals surface area contributed by atoms with Gasteiger partial charge in [0.1, 0.15) is 5.82 Å². The van der Waals surface area contributed by atoms with Crippen molar-refractivity contribution < 1.29 is 5.11 Å². The molecule has 6 heteroatoms. The Bertz CT molecular complexity index is 621. The van der Waals surface area contributed by atoms with E-state index in [0.29, 0.717) is 5.92 Å². The highest BCUT2D eigenvalue weighted by molar-refractivity contribution is 5.45. The lowest BCUT2D eigenvalue weighted by molar-refractivity contribution is 0.116. The zero-order chi connectivity index (χ0) is 13.5. The van der Waals surface area contributed by atoms with Gasteiger partial charge in [0.25, 0.3) is 0 Å². The van der Waals surface area contributed by atoms with Crippen LogP contribution in [0.5, 0.6) is 0 Å². The fourth-order valence-corrected chi connectivity index (χ4v) is 2.95. The Hall–Kier alpha value is -1.69. The lowest BCUT2D eigenvalue weighted by Gasteiger charge is -2.28. The molecule has 2 heterocycles. The Kier molecular flexibility index (Phi) is 2.84. The third-order valence-corrected chi connectivity index (χ3v) is 4.29. The third kappa shape index (κ3) is 2.14. The lowest BCUT2D eigenvalue weighted by atomic mass is 9.93. The Balaban J connectivity index is 1.61. The molecule has 2 N–H and O–H groups in total. The van der Waals surface area contributed by atoms with Crippen molar-refractivity contribution >= 4 is 11.5 Å². The number of anilines is 1. The quantitative estimate of drug-likeness (QED) is 0.890. The van der Waals surface area contributed by atoms with Crippen molar-refractivity contribution in [1.29, 1.82) is 0 Å². The molecule has 2 aliphatic carbocycles. The molecule has 0 unspecified atom stereocenters. The molecule has 2 saturated carbocycles. The van der Waals surface area contributed by atoms with Crippen LogP contribution >= 0.6 is 0 Å². The first kappa shape index (κ1) is 12.1. The molecule has 0 radical (unpaired) electrons. The predicted molar refractivity (Wildman–Crippen MR) is 74.6 cm³/mol. The van der Waals surface area contributed by atoms with E-state index in [1.807, 2.05) is 16.6 Å². The number of fused-ring (bicyclic) bond motifs is 1. The first-order chi connectivity index (χ1) is 9.81. The van der Waals surface area contributed by atoms with Gasteiger partial charge in [-0.1, -0.05) is 12.8 Å². The van der Waals surface area contributed by atoms with Gasteiger partial charge >= 0.3 is 0 Å². The van der Waals surface area contributed by atoms with E-state index >= 15 is 0 Å². The summed E-state index contributed by atoms with van der Waals surface area (Å²) >= 11 is 0. The van der Waals surface area contributed by atoms with Gasteiger partial charge in [0, 0.05) is 5.92 Å². The molecule has 2 aromatic rings. The smallest absolute Gasteiger partial charge is 0.178 e. The molecule has 0 saturated heterocycles. The summed E-state index contributed by atoms with van der Waals surface area (Å²) in [5.74, 6) is 2.28. The van der Waals surface area contributed by atoms with Crippen molar-refractivity contribution in [3.63, 3.8) is 0 Å². The minimum Gasteiger partial charge on any atom is -0.391 e. The average Bonchev–Trinajstić information content (AvgIpc) is 3.22. The van der Waals surface area contributed by atoms with Crippen LogP contribution in [0.1, 0.15) is 50.3 Å². The summed E-state index contributed by atoms with van der Waals surface area (Å²) in [6.45, 7) is 0. The maximum Gasteiger partial charge on any atom is 0.178 e. The summed E-state index contributed by atoms with van der Waals surface area (Å²) in [6, 6.07) is 3.96. The average molecular weight is 273 g/mol. The molecule has 106 valence electrons.